The Hall–Kier alpha value is -1.65. The third-order valence-corrected chi connectivity index (χ3v) is 2.56. The van der Waals surface area contributed by atoms with Crippen molar-refractivity contribution in [3.63, 3.8) is 0 Å². The second-order valence-corrected chi connectivity index (χ2v) is 3.63. The average molecular weight is 217 g/mol. The quantitative estimate of drug-likeness (QED) is 0.592. The Kier molecular flexibility index (Phi) is 3.69. The van der Waals surface area contributed by atoms with E-state index in [4.69, 9.17) is 10.3 Å². The van der Waals surface area contributed by atoms with E-state index in [0.29, 0.717) is 0 Å². The third-order valence-electron chi connectivity index (χ3n) is 2.56. The van der Waals surface area contributed by atoms with E-state index in [1.54, 1.807) is 18.7 Å². The molecule has 0 radical (unpaired) electrons. The van der Waals surface area contributed by atoms with Gasteiger partial charge in [0.25, 0.3) is 0 Å². The van der Waals surface area contributed by atoms with Gasteiger partial charge in [0.1, 0.15) is 5.76 Å². The van der Waals surface area contributed by atoms with Crippen LogP contribution in [0.2, 0.25) is 0 Å². The molecule has 2 aromatic heterocycles. The highest BCUT2D eigenvalue weighted by Gasteiger charge is 2.11. The molecular weight excluding hydrogens is 202 g/mol. The molecule has 4 heteroatoms. The number of nitrogens with two attached hydrogens (primary N) is 1. The lowest BCUT2D eigenvalue weighted by Crippen LogP contribution is -2.28. The Morgan fingerprint density at radius 2 is 2.12 bits per heavy atom. The predicted molar refractivity (Wildman–Crippen MR) is 61.3 cm³/mol. The largest absolute Gasteiger partial charge is 0.468 e. The van der Waals surface area contributed by atoms with Gasteiger partial charge in [0, 0.05) is 12.4 Å². The predicted octanol–water partition coefficient (Wildman–Crippen LogP) is 1.81. The molecule has 0 aliphatic heterocycles. The molecule has 0 fully saturated rings. The van der Waals surface area contributed by atoms with Gasteiger partial charge in [-0.2, -0.15) is 0 Å². The Morgan fingerprint density at radius 1 is 1.31 bits per heavy atom. The normalized spacial score (nSPS) is 12.6. The summed E-state index contributed by atoms with van der Waals surface area (Å²) in [6.45, 7) is 0. The van der Waals surface area contributed by atoms with Crippen molar-refractivity contribution in [2.45, 2.75) is 18.9 Å². The summed E-state index contributed by atoms with van der Waals surface area (Å²) >= 11 is 0. The van der Waals surface area contributed by atoms with E-state index >= 15 is 0 Å². The first-order valence-electron chi connectivity index (χ1n) is 5.28. The number of hydrogen-bond acceptors (Lipinski definition) is 4. The first-order chi connectivity index (χ1) is 7.90. The zero-order chi connectivity index (χ0) is 11.2. The van der Waals surface area contributed by atoms with Gasteiger partial charge in [0.15, 0.2) is 0 Å². The third kappa shape index (κ3) is 2.68. The van der Waals surface area contributed by atoms with Crippen LogP contribution in [0.3, 0.4) is 0 Å². The van der Waals surface area contributed by atoms with Crippen LogP contribution in [0, 0.1) is 0 Å². The molecular formula is C12H15N3O. The molecule has 2 rings (SSSR count). The van der Waals surface area contributed by atoms with Gasteiger partial charge >= 0.3 is 0 Å². The van der Waals surface area contributed by atoms with E-state index in [2.05, 4.69) is 10.4 Å². The number of rotatable bonds is 5. The lowest BCUT2D eigenvalue weighted by Gasteiger charge is -2.12. The summed E-state index contributed by atoms with van der Waals surface area (Å²) in [5.41, 5.74) is 4.02. The smallest absolute Gasteiger partial charge is 0.122 e. The molecule has 0 saturated heterocycles. The van der Waals surface area contributed by atoms with E-state index in [0.717, 1.165) is 18.6 Å². The van der Waals surface area contributed by atoms with Crippen LogP contribution in [0.15, 0.2) is 47.3 Å². The molecule has 0 bridgehead atoms. The molecule has 84 valence electrons. The van der Waals surface area contributed by atoms with Gasteiger partial charge in [-0.1, -0.05) is 0 Å². The first-order valence-corrected chi connectivity index (χ1v) is 5.28. The highest BCUT2D eigenvalue weighted by molar-refractivity contribution is 5.11. The van der Waals surface area contributed by atoms with Crippen molar-refractivity contribution in [1.82, 2.24) is 10.4 Å². The van der Waals surface area contributed by atoms with Crippen molar-refractivity contribution in [1.29, 1.82) is 0 Å². The molecule has 16 heavy (non-hydrogen) atoms. The Morgan fingerprint density at radius 3 is 2.75 bits per heavy atom. The fourth-order valence-corrected chi connectivity index (χ4v) is 1.66. The molecule has 0 saturated carbocycles. The van der Waals surface area contributed by atoms with Gasteiger partial charge in [-0.3, -0.25) is 10.8 Å². The Bertz CT molecular complexity index is 399. The second kappa shape index (κ2) is 5.44. The van der Waals surface area contributed by atoms with Crippen LogP contribution in [-0.4, -0.2) is 4.98 Å². The van der Waals surface area contributed by atoms with Gasteiger partial charge in [0.05, 0.1) is 12.3 Å². The molecule has 2 heterocycles. The lowest BCUT2D eigenvalue weighted by atomic mass is 10.1. The lowest BCUT2D eigenvalue weighted by molar-refractivity contribution is 0.401. The summed E-state index contributed by atoms with van der Waals surface area (Å²) in [7, 11) is 0. The topological polar surface area (TPSA) is 64.1 Å². The number of aromatic nitrogens is 1. The number of nitrogens with one attached hydrogen (secondary N) is 1. The van der Waals surface area contributed by atoms with E-state index in [1.165, 1.54) is 5.56 Å². The number of pyridine rings is 1. The summed E-state index contributed by atoms with van der Waals surface area (Å²) in [5.74, 6) is 6.38. The molecule has 0 aliphatic carbocycles. The van der Waals surface area contributed by atoms with Crippen LogP contribution in [0.1, 0.15) is 23.8 Å². The van der Waals surface area contributed by atoms with E-state index in [-0.39, 0.29) is 6.04 Å². The molecule has 0 amide bonds. The minimum Gasteiger partial charge on any atom is -0.468 e. The zero-order valence-corrected chi connectivity index (χ0v) is 8.97. The molecule has 3 N–H and O–H groups in total. The SMILES string of the molecule is NNC(CCc1ccncc1)c1ccco1. The molecule has 1 unspecified atom stereocenters. The van der Waals surface area contributed by atoms with Crippen molar-refractivity contribution in [3.8, 4) is 0 Å². The van der Waals surface area contributed by atoms with Crippen molar-refractivity contribution >= 4 is 0 Å². The number of hydrazine groups is 1. The van der Waals surface area contributed by atoms with Gasteiger partial charge < -0.3 is 4.42 Å². The van der Waals surface area contributed by atoms with Crippen molar-refractivity contribution < 1.29 is 4.42 Å². The van der Waals surface area contributed by atoms with Crippen molar-refractivity contribution in [3.05, 3.63) is 54.2 Å². The van der Waals surface area contributed by atoms with Crippen LogP contribution in [0.4, 0.5) is 0 Å². The van der Waals surface area contributed by atoms with Crippen molar-refractivity contribution in [2.75, 3.05) is 0 Å². The summed E-state index contributed by atoms with van der Waals surface area (Å²) in [5, 5.41) is 0. The van der Waals surface area contributed by atoms with Gasteiger partial charge in [-0.25, -0.2) is 5.43 Å². The second-order valence-electron chi connectivity index (χ2n) is 3.63. The molecule has 0 aliphatic rings. The number of aryl methyl sites for hydroxylation is 1. The maximum Gasteiger partial charge on any atom is 0.122 e. The molecule has 2 aromatic rings. The monoisotopic (exact) mass is 217 g/mol. The van der Waals surface area contributed by atoms with Crippen LogP contribution in [-0.2, 0) is 6.42 Å². The first kappa shape index (κ1) is 10.9. The maximum atomic E-state index is 5.51. The summed E-state index contributed by atoms with van der Waals surface area (Å²) in [4.78, 5) is 3.98. The minimum absolute atomic E-state index is 0.0585. The Balaban J connectivity index is 1.94. The average Bonchev–Trinajstić information content (AvgIpc) is 2.85. The summed E-state index contributed by atoms with van der Waals surface area (Å²) in [6, 6.07) is 7.87. The standard InChI is InChI=1S/C12H15N3O/c13-15-11(12-2-1-9-16-12)4-3-10-5-7-14-8-6-10/h1-2,5-9,11,15H,3-4,13H2. The van der Waals surface area contributed by atoms with Crippen LogP contribution < -0.4 is 11.3 Å². The van der Waals surface area contributed by atoms with Crippen LogP contribution in [0.5, 0.6) is 0 Å². The Labute approximate surface area is 94.5 Å². The fourth-order valence-electron chi connectivity index (χ4n) is 1.66. The number of nitrogens with zero attached hydrogens (tertiary/aromatic N) is 1. The fraction of sp³-hybridized carbons (Fsp3) is 0.250. The van der Waals surface area contributed by atoms with Crippen LogP contribution in [0.25, 0.3) is 0 Å². The number of furan rings is 1. The highest BCUT2D eigenvalue weighted by Crippen LogP contribution is 2.18. The highest BCUT2D eigenvalue weighted by atomic mass is 16.3. The van der Waals surface area contributed by atoms with E-state index in [9.17, 15) is 0 Å². The molecule has 4 nitrogen and oxygen atoms in total. The summed E-state index contributed by atoms with van der Waals surface area (Å²) < 4.78 is 5.32. The number of hydrogen-bond donors (Lipinski definition) is 2. The minimum atomic E-state index is 0.0585. The molecule has 1 atom stereocenters. The zero-order valence-electron chi connectivity index (χ0n) is 8.97. The molecule has 0 spiro atoms. The maximum absolute atomic E-state index is 5.51. The van der Waals surface area contributed by atoms with Gasteiger partial charge in [0.2, 0.25) is 0 Å². The summed E-state index contributed by atoms with van der Waals surface area (Å²) in [6.07, 6.45) is 7.10. The molecule has 0 aromatic carbocycles. The van der Waals surface area contributed by atoms with E-state index < -0.39 is 0 Å². The van der Waals surface area contributed by atoms with E-state index in [1.807, 2.05) is 24.3 Å². The van der Waals surface area contributed by atoms with Crippen molar-refractivity contribution in [2.24, 2.45) is 5.84 Å². The van der Waals surface area contributed by atoms with Gasteiger partial charge in [-0.05, 0) is 42.7 Å². The van der Waals surface area contributed by atoms with Gasteiger partial charge in [-0.15, -0.1) is 0 Å². The van der Waals surface area contributed by atoms with Crippen LogP contribution >= 0.6 is 0 Å².